The third-order valence-corrected chi connectivity index (χ3v) is 2.46. The molecule has 0 unspecified atom stereocenters. The Balaban J connectivity index is 2.48. The Labute approximate surface area is 109 Å². The lowest BCUT2D eigenvalue weighted by Crippen LogP contribution is -2.42. The highest BCUT2D eigenvalue weighted by Crippen LogP contribution is 2.10. The molecule has 1 aromatic rings. The summed E-state index contributed by atoms with van der Waals surface area (Å²) < 4.78 is 0.697. The Morgan fingerprint density at radius 3 is 2.59 bits per heavy atom. The van der Waals surface area contributed by atoms with Crippen LogP contribution in [0.25, 0.3) is 0 Å². The Hall–Kier alpha value is -1.33. The molecule has 92 valence electrons. The highest BCUT2D eigenvalue weighted by molar-refractivity contribution is 9.11. The van der Waals surface area contributed by atoms with E-state index in [9.17, 15) is 4.79 Å². The SMILES string of the molecule is C=C(Br)CNC(=O)[C@H](N)Cc1ccc(O)cc1. The Kier molecular flexibility index (Phi) is 5.18. The molecule has 0 aliphatic heterocycles. The highest BCUT2D eigenvalue weighted by atomic mass is 79.9. The van der Waals surface area contributed by atoms with E-state index >= 15 is 0 Å². The van der Waals surface area contributed by atoms with Gasteiger partial charge in [-0.1, -0.05) is 34.6 Å². The van der Waals surface area contributed by atoms with Gasteiger partial charge >= 0.3 is 0 Å². The molecule has 0 aromatic heterocycles. The molecule has 1 aromatic carbocycles. The number of nitrogens with two attached hydrogens (primary N) is 1. The zero-order valence-electron chi connectivity index (χ0n) is 9.32. The molecule has 1 amide bonds. The van der Waals surface area contributed by atoms with Crippen LogP contribution >= 0.6 is 15.9 Å². The van der Waals surface area contributed by atoms with Gasteiger partial charge in [0.1, 0.15) is 5.75 Å². The zero-order valence-corrected chi connectivity index (χ0v) is 10.9. The van der Waals surface area contributed by atoms with Crippen molar-refractivity contribution in [1.29, 1.82) is 0 Å². The lowest BCUT2D eigenvalue weighted by molar-refractivity contribution is -0.122. The van der Waals surface area contributed by atoms with Crippen LogP contribution in [0, 0.1) is 0 Å². The third kappa shape index (κ3) is 5.01. The van der Waals surface area contributed by atoms with Gasteiger partial charge < -0.3 is 16.2 Å². The predicted octanol–water partition coefficient (Wildman–Crippen LogP) is 1.29. The molecule has 0 bridgehead atoms. The summed E-state index contributed by atoms with van der Waals surface area (Å²) in [5, 5.41) is 11.8. The van der Waals surface area contributed by atoms with Crippen molar-refractivity contribution in [3.63, 3.8) is 0 Å². The van der Waals surface area contributed by atoms with Crippen LogP contribution < -0.4 is 11.1 Å². The normalized spacial score (nSPS) is 11.9. The van der Waals surface area contributed by atoms with Crippen LogP contribution in [0.5, 0.6) is 5.75 Å². The maximum absolute atomic E-state index is 11.6. The number of nitrogens with one attached hydrogen (secondary N) is 1. The van der Waals surface area contributed by atoms with E-state index in [0.29, 0.717) is 17.4 Å². The number of halogens is 1. The van der Waals surface area contributed by atoms with E-state index in [2.05, 4.69) is 27.8 Å². The molecule has 5 heteroatoms. The van der Waals surface area contributed by atoms with Crippen LogP contribution in [0.3, 0.4) is 0 Å². The van der Waals surface area contributed by atoms with E-state index in [1.165, 1.54) is 0 Å². The zero-order chi connectivity index (χ0) is 12.8. The van der Waals surface area contributed by atoms with Gasteiger partial charge in [-0.05, 0) is 24.1 Å². The Bertz CT molecular complexity index is 403. The minimum atomic E-state index is -0.605. The number of benzene rings is 1. The second-order valence-corrected chi connectivity index (χ2v) is 4.83. The number of amides is 1. The first-order chi connectivity index (χ1) is 7.99. The maximum Gasteiger partial charge on any atom is 0.237 e. The number of hydrogen-bond donors (Lipinski definition) is 3. The first-order valence-electron chi connectivity index (χ1n) is 5.13. The van der Waals surface area contributed by atoms with Crippen molar-refractivity contribution in [2.24, 2.45) is 5.73 Å². The summed E-state index contributed by atoms with van der Waals surface area (Å²) in [6, 6.07) is 6.02. The third-order valence-electron chi connectivity index (χ3n) is 2.18. The smallest absolute Gasteiger partial charge is 0.237 e. The molecule has 4 nitrogen and oxygen atoms in total. The molecule has 0 saturated carbocycles. The average molecular weight is 299 g/mol. The summed E-state index contributed by atoms with van der Waals surface area (Å²) >= 11 is 3.15. The summed E-state index contributed by atoms with van der Waals surface area (Å²) in [6.07, 6.45) is 0.431. The van der Waals surface area contributed by atoms with Gasteiger partial charge in [-0.15, -0.1) is 0 Å². The van der Waals surface area contributed by atoms with Gasteiger partial charge in [0.05, 0.1) is 6.04 Å². The van der Waals surface area contributed by atoms with Gasteiger partial charge in [0, 0.05) is 11.0 Å². The average Bonchev–Trinajstić information content (AvgIpc) is 2.28. The maximum atomic E-state index is 11.6. The van der Waals surface area contributed by atoms with Crippen molar-refractivity contribution in [2.75, 3.05) is 6.54 Å². The van der Waals surface area contributed by atoms with Gasteiger partial charge in [-0.2, -0.15) is 0 Å². The Morgan fingerprint density at radius 1 is 1.47 bits per heavy atom. The number of carbonyl (C=O) groups is 1. The molecule has 0 heterocycles. The van der Waals surface area contributed by atoms with Gasteiger partial charge in [0.15, 0.2) is 0 Å². The van der Waals surface area contributed by atoms with Crippen LogP contribution in [0.15, 0.2) is 35.3 Å². The van der Waals surface area contributed by atoms with Crippen LogP contribution in [0.4, 0.5) is 0 Å². The molecule has 0 aliphatic carbocycles. The van der Waals surface area contributed by atoms with Crippen molar-refractivity contribution < 1.29 is 9.90 Å². The molecule has 1 rings (SSSR count). The van der Waals surface area contributed by atoms with Crippen molar-refractivity contribution in [3.8, 4) is 5.75 Å². The number of aromatic hydroxyl groups is 1. The molecule has 4 N–H and O–H groups in total. The standard InChI is InChI=1S/C12H15BrN2O2/c1-8(13)7-15-12(17)11(14)6-9-2-4-10(16)5-3-9/h2-5,11,16H,1,6-7,14H2,(H,15,17)/t11-/m1/s1. The van der Waals surface area contributed by atoms with Gasteiger partial charge in [-0.25, -0.2) is 0 Å². The lowest BCUT2D eigenvalue weighted by Gasteiger charge is -2.12. The van der Waals surface area contributed by atoms with Crippen molar-refractivity contribution in [2.45, 2.75) is 12.5 Å². The fourth-order valence-corrected chi connectivity index (χ4v) is 1.43. The second kappa shape index (κ2) is 6.42. The van der Waals surface area contributed by atoms with Crippen LogP contribution in [0.1, 0.15) is 5.56 Å². The fourth-order valence-electron chi connectivity index (χ4n) is 1.29. The number of carbonyl (C=O) groups excluding carboxylic acids is 1. The number of phenols is 1. The summed E-state index contributed by atoms with van der Waals surface area (Å²) in [5.41, 5.74) is 6.66. The monoisotopic (exact) mass is 298 g/mol. The predicted molar refractivity (Wildman–Crippen MR) is 70.9 cm³/mol. The van der Waals surface area contributed by atoms with Crippen molar-refractivity contribution in [1.82, 2.24) is 5.32 Å². The molecule has 0 fully saturated rings. The lowest BCUT2D eigenvalue weighted by atomic mass is 10.1. The summed E-state index contributed by atoms with van der Waals surface area (Å²) in [5.74, 6) is -0.0268. The van der Waals surface area contributed by atoms with Gasteiger partial charge in [-0.3, -0.25) is 4.79 Å². The quantitative estimate of drug-likeness (QED) is 0.767. The summed E-state index contributed by atoms with van der Waals surface area (Å²) in [6.45, 7) is 3.98. The number of rotatable bonds is 5. The highest BCUT2D eigenvalue weighted by Gasteiger charge is 2.13. The summed E-state index contributed by atoms with van der Waals surface area (Å²) in [7, 11) is 0. The van der Waals surface area contributed by atoms with Crippen molar-refractivity contribution in [3.05, 3.63) is 40.9 Å². The van der Waals surface area contributed by atoms with Crippen molar-refractivity contribution >= 4 is 21.8 Å². The molecule has 0 radical (unpaired) electrons. The van der Waals surface area contributed by atoms with Crippen LogP contribution in [-0.2, 0) is 11.2 Å². The summed E-state index contributed by atoms with van der Waals surface area (Å²) in [4.78, 5) is 11.6. The van der Waals surface area contributed by atoms with E-state index < -0.39 is 6.04 Å². The largest absolute Gasteiger partial charge is 0.508 e. The molecular weight excluding hydrogens is 284 g/mol. The van der Waals surface area contributed by atoms with E-state index in [0.717, 1.165) is 5.56 Å². The van der Waals surface area contributed by atoms with E-state index in [-0.39, 0.29) is 11.7 Å². The minimum absolute atomic E-state index is 0.197. The van der Waals surface area contributed by atoms with E-state index in [4.69, 9.17) is 10.8 Å². The Morgan fingerprint density at radius 2 is 2.06 bits per heavy atom. The molecule has 17 heavy (non-hydrogen) atoms. The molecule has 1 atom stereocenters. The molecular formula is C12H15BrN2O2. The first kappa shape index (κ1) is 13.7. The fraction of sp³-hybridized carbons (Fsp3) is 0.250. The minimum Gasteiger partial charge on any atom is -0.508 e. The number of hydrogen-bond acceptors (Lipinski definition) is 3. The first-order valence-corrected chi connectivity index (χ1v) is 5.93. The number of phenolic OH excluding ortho intramolecular Hbond substituents is 1. The topological polar surface area (TPSA) is 75.4 Å². The van der Waals surface area contributed by atoms with Gasteiger partial charge in [0.25, 0.3) is 0 Å². The van der Waals surface area contributed by atoms with Crippen LogP contribution in [0.2, 0.25) is 0 Å². The van der Waals surface area contributed by atoms with Gasteiger partial charge in [0.2, 0.25) is 5.91 Å². The van der Waals surface area contributed by atoms with Crippen LogP contribution in [-0.4, -0.2) is 23.6 Å². The molecule has 0 aliphatic rings. The molecule has 0 spiro atoms. The molecule has 0 saturated heterocycles. The second-order valence-electron chi connectivity index (χ2n) is 3.71. The van der Waals surface area contributed by atoms with E-state index in [1.807, 2.05) is 0 Å². The van der Waals surface area contributed by atoms with E-state index in [1.54, 1.807) is 24.3 Å².